The van der Waals surface area contributed by atoms with E-state index in [2.05, 4.69) is 0 Å². The highest BCUT2D eigenvalue weighted by molar-refractivity contribution is 5.97. The fourth-order valence-electron chi connectivity index (χ4n) is 2.59. The van der Waals surface area contributed by atoms with Crippen LogP contribution in [0.15, 0.2) is 60.7 Å². The summed E-state index contributed by atoms with van der Waals surface area (Å²) in [5.74, 6) is -0.193. The smallest absolute Gasteiger partial charge is 0.229 e. The lowest BCUT2D eigenvalue weighted by atomic mass is 9.97. The van der Waals surface area contributed by atoms with E-state index in [1.54, 1.807) is 0 Å². The zero-order valence-corrected chi connectivity index (χ0v) is 10.4. The lowest BCUT2D eigenvalue weighted by Crippen LogP contribution is -2.34. The number of rotatable bonds is 2. The maximum atomic E-state index is 12.1. The minimum Gasteiger partial charge on any atom is -0.372 e. The molecule has 1 amide bonds. The monoisotopic (exact) mass is 253 g/mol. The first-order valence-corrected chi connectivity index (χ1v) is 6.37. The normalized spacial score (nSPS) is 22.8. The number of carbonyl (C=O) groups is 1. The number of aliphatic hydroxyl groups excluding tert-OH is 1. The first kappa shape index (κ1) is 11.9. The van der Waals surface area contributed by atoms with E-state index in [1.165, 1.54) is 4.90 Å². The summed E-state index contributed by atoms with van der Waals surface area (Å²) in [4.78, 5) is 13.6. The summed E-state index contributed by atoms with van der Waals surface area (Å²) in [7, 11) is 0. The Morgan fingerprint density at radius 3 is 2.16 bits per heavy atom. The zero-order valence-electron chi connectivity index (χ0n) is 10.4. The van der Waals surface area contributed by atoms with Crippen LogP contribution in [0, 0.1) is 0 Å². The molecule has 0 aliphatic carbocycles. The van der Waals surface area contributed by atoms with Crippen molar-refractivity contribution in [2.45, 2.75) is 18.6 Å². The number of carbonyl (C=O) groups excluding carboxylic acids is 1. The Hall–Kier alpha value is -2.13. The summed E-state index contributed by atoms with van der Waals surface area (Å²) >= 11 is 0. The lowest BCUT2D eigenvalue weighted by molar-refractivity contribution is -0.117. The molecule has 1 aliphatic heterocycles. The number of benzene rings is 2. The fraction of sp³-hybridized carbons (Fsp3) is 0.188. The highest BCUT2D eigenvalue weighted by Crippen LogP contribution is 2.35. The quantitative estimate of drug-likeness (QED) is 0.893. The van der Waals surface area contributed by atoms with E-state index < -0.39 is 6.23 Å². The average Bonchev–Trinajstić information content (AvgIpc) is 2.76. The van der Waals surface area contributed by atoms with Crippen molar-refractivity contribution in [2.24, 2.45) is 0 Å². The molecule has 1 N–H and O–H groups in total. The molecule has 96 valence electrons. The van der Waals surface area contributed by atoms with Crippen LogP contribution in [-0.4, -0.2) is 17.2 Å². The molecule has 0 saturated carbocycles. The molecule has 2 aromatic rings. The van der Waals surface area contributed by atoms with Gasteiger partial charge in [-0.25, -0.2) is 0 Å². The Balaban J connectivity index is 1.92. The third-order valence-corrected chi connectivity index (χ3v) is 3.55. The Labute approximate surface area is 112 Å². The van der Waals surface area contributed by atoms with Gasteiger partial charge in [-0.1, -0.05) is 48.5 Å². The van der Waals surface area contributed by atoms with E-state index >= 15 is 0 Å². The fourth-order valence-corrected chi connectivity index (χ4v) is 2.59. The second kappa shape index (κ2) is 4.86. The van der Waals surface area contributed by atoms with Gasteiger partial charge in [0.25, 0.3) is 0 Å². The number of anilines is 1. The van der Waals surface area contributed by atoms with E-state index in [0.29, 0.717) is 6.42 Å². The van der Waals surface area contributed by atoms with Gasteiger partial charge in [0.05, 0.1) is 0 Å². The molecule has 2 aromatic carbocycles. The van der Waals surface area contributed by atoms with Crippen molar-refractivity contribution in [1.82, 2.24) is 0 Å². The van der Waals surface area contributed by atoms with Gasteiger partial charge in [-0.3, -0.25) is 9.69 Å². The maximum absolute atomic E-state index is 12.1. The number of aliphatic hydroxyl groups is 1. The number of hydrogen-bond acceptors (Lipinski definition) is 2. The van der Waals surface area contributed by atoms with Crippen molar-refractivity contribution in [3.63, 3.8) is 0 Å². The van der Waals surface area contributed by atoms with Gasteiger partial charge >= 0.3 is 0 Å². The molecule has 1 heterocycles. The van der Waals surface area contributed by atoms with Crippen molar-refractivity contribution < 1.29 is 9.90 Å². The van der Waals surface area contributed by atoms with Crippen molar-refractivity contribution in [3.8, 4) is 0 Å². The standard InChI is InChI=1S/C16H15NO2/c18-15-11-14(12-7-3-1-4-8-12)16(19)17(15)13-9-5-2-6-10-13/h1-10,14,16,19H,11H2/t14-,16-/m0/s1. The highest BCUT2D eigenvalue weighted by Gasteiger charge is 2.40. The van der Waals surface area contributed by atoms with E-state index in [-0.39, 0.29) is 11.8 Å². The summed E-state index contributed by atoms with van der Waals surface area (Å²) in [6.07, 6.45) is -0.447. The third-order valence-electron chi connectivity index (χ3n) is 3.55. The van der Waals surface area contributed by atoms with E-state index in [4.69, 9.17) is 0 Å². The van der Waals surface area contributed by atoms with Crippen molar-refractivity contribution in [1.29, 1.82) is 0 Å². The molecule has 3 rings (SSSR count). The predicted octanol–water partition coefficient (Wildman–Crippen LogP) is 2.53. The highest BCUT2D eigenvalue weighted by atomic mass is 16.3. The first-order chi connectivity index (χ1) is 9.27. The summed E-state index contributed by atoms with van der Waals surface area (Å²) in [5.41, 5.74) is 1.75. The van der Waals surface area contributed by atoms with Crippen LogP contribution in [0.5, 0.6) is 0 Å². The van der Waals surface area contributed by atoms with Gasteiger partial charge in [-0.2, -0.15) is 0 Å². The summed E-state index contributed by atoms with van der Waals surface area (Å²) in [6.45, 7) is 0. The molecule has 0 unspecified atom stereocenters. The summed E-state index contributed by atoms with van der Waals surface area (Å²) in [5, 5.41) is 10.4. The van der Waals surface area contributed by atoms with Gasteiger partial charge in [0.15, 0.2) is 0 Å². The lowest BCUT2D eigenvalue weighted by Gasteiger charge is -2.23. The Morgan fingerprint density at radius 1 is 0.947 bits per heavy atom. The summed E-state index contributed by atoms with van der Waals surface area (Å²) in [6, 6.07) is 19.0. The number of hydrogen-bond donors (Lipinski definition) is 1. The zero-order chi connectivity index (χ0) is 13.2. The minimum absolute atomic E-state index is 0.0347. The Morgan fingerprint density at radius 2 is 1.53 bits per heavy atom. The van der Waals surface area contributed by atoms with E-state index in [0.717, 1.165) is 11.3 Å². The van der Waals surface area contributed by atoms with Crippen LogP contribution >= 0.6 is 0 Å². The first-order valence-electron chi connectivity index (χ1n) is 6.37. The number of para-hydroxylation sites is 1. The topological polar surface area (TPSA) is 40.5 Å². The summed E-state index contributed by atoms with van der Waals surface area (Å²) < 4.78 is 0. The van der Waals surface area contributed by atoms with Crippen molar-refractivity contribution in [3.05, 3.63) is 66.2 Å². The number of nitrogens with zero attached hydrogens (tertiary/aromatic N) is 1. The second-order valence-electron chi connectivity index (χ2n) is 4.73. The predicted molar refractivity (Wildman–Crippen MR) is 73.7 cm³/mol. The third kappa shape index (κ3) is 2.13. The van der Waals surface area contributed by atoms with Crippen LogP contribution in [0.1, 0.15) is 17.9 Å². The van der Waals surface area contributed by atoms with Gasteiger partial charge in [0, 0.05) is 18.0 Å². The van der Waals surface area contributed by atoms with Crippen molar-refractivity contribution >= 4 is 11.6 Å². The molecule has 1 fully saturated rings. The maximum Gasteiger partial charge on any atom is 0.229 e. The van der Waals surface area contributed by atoms with Crippen LogP contribution in [0.25, 0.3) is 0 Å². The van der Waals surface area contributed by atoms with Gasteiger partial charge < -0.3 is 5.11 Å². The van der Waals surface area contributed by atoms with Crippen LogP contribution in [0.3, 0.4) is 0 Å². The van der Waals surface area contributed by atoms with Crippen LogP contribution in [0.2, 0.25) is 0 Å². The van der Waals surface area contributed by atoms with Gasteiger partial charge in [-0.15, -0.1) is 0 Å². The molecular formula is C16H15NO2. The molecule has 0 spiro atoms. The average molecular weight is 253 g/mol. The number of amides is 1. The van der Waals surface area contributed by atoms with Gasteiger partial charge in [0.2, 0.25) is 5.91 Å². The van der Waals surface area contributed by atoms with Crippen LogP contribution in [0.4, 0.5) is 5.69 Å². The Bertz CT molecular complexity index is 568. The largest absolute Gasteiger partial charge is 0.372 e. The molecular weight excluding hydrogens is 238 g/mol. The molecule has 19 heavy (non-hydrogen) atoms. The SMILES string of the molecule is O=C1C[C@@H](c2ccccc2)[C@H](O)N1c1ccccc1. The minimum atomic E-state index is -0.794. The Kier molecular flexibility index (Phi) is 3.05. The van der Waals surface area contributed by atoms with E-state index in [9.17, 15) is 9.90 Å². The second-order valence-corrected chi connectivity index (χ2v) is 4.73. The molecule has 1 aliphatic rings. The van der Waals surface area contributed by atoms with Gasteiger partial charge in [-0.05, 0) is 17.7 Å². The molecule has 1 saturated heterocycles. The molecule has 3 heteroatoms. The molecule has 2 atom stereocenters. The molecule has 0 bridgehead atoms. The van der Waals surface area contributed by atoms with Crippen molar-refractivity contribution in [2.75, 3.05) is 4.90 Å². The molecule has 0 aromatic heterocycles. The van der Waals surface area contributed by atoms with Crippen LogP contribution in [-0.2, 0) is 4.79 Å². The molecule has 0 radical (unpaired) electrons. The van der Waals surface area contributed by atoms with E-state index in [1.807, 2.05) is 60.7 Å². The molecule has 3 nitrogen and oxygen atoms in total. The van der Waals surface area contributed by atoms with Gasteiger partial charge in [0.1, 0.15) is 6.23 Å². The van der Waals surface area contributed by atoms with Crippen LogP contribution < -0.4 is 4.90 Å².